The van der Waals surface area contributed by atoms with Gasteiger partial charge in [-0.2, -0.15) is 0 Å². The number of thiol groups is 1. The molecular formula is C5H10OS. The molecule has 2 heteroatoms. The summed E-state index contributed by atoms with van der Waals surface area (Å²) in [6.07, 6.45) is 2.87. The third-order valence-electron chi connectivity index (χ3n) is 0.679. The predicted molar refractivity (Wildman–Crippen MR) is 34.3 cm³/mol. The molecule has 0 bridgehead atoms. The molecule has 0 aromatic carbocycles. The van der Waals surface area contributed by atoms with Gasteiger partial charge >= 0.3 is 0 Å². The van der Waals surface area contributed by atoms with Gasteiger partial charge < -0.3 is 4.18 Å². The molecule has 7 heavy (non-hydrogen) atoms. The maximum atomic E-state index is 4.61. The Bertz CT molecular complexity index is 54.0. The Morgan fingerprint density at radius 3 is 2.71 bits per heavy atom. The van der Waals surface area contributed by atoms with Crippen LogP contribution in [0.4, 0.5) is 0 Å². The molecule has 0 radical (unpaired) electrons. The fourth-order valence-electron chi connectivity index (χ4n) is 0.278. The molecule has 0 saturated carbocycles. The predicted octanol–water partition coefficient (Wildman–Crippen LogP) is 1.81. The summed E-state index contributed by atoms with van der Waals surface area (Å²) in [5, 5.41) is 0. The van der Waals surface area contributed by atoms with Gasteiger partial charge in [-0.1, -0.05) is 6.08 Å². The molecular weight excluding hydrogens is 108 g/mol. The Morgan fingerprint density at radius 1 is 2.00 bits per heavy atom. The van der Waals surface area contributed by atoms with Crippen LogP contribution in [0.15, 0.2) is 12.7 Å². The van der Waals surface area contributed by atoms with Crippen LogP contribution >= 0.6 is 12.9 Å². The van der Waals surface area contributed by atoms with Gasteiger partial charge in [-0.15, -0.1) is 6.58 Å². The molecule has 0 heterocycles. The molecule has 42 valence electrons. The van der Waals surface area contributed by atoms with Gasteiger partial charge in [0.15, 0.2) is 0 Å². The first kappa shape index (κ1) is 7.05. The van der Waals surface area contributed by atoms with E-state index in [0.29, 0.717) is 0 Å². The maximum absolute atomic E-state index is 4.61. The van der Waals surface area contributed by atoms with Crippen LogP contribution < -0.4 is 0 Å². The Hall–Kier alpha value is 0.0500. The molecule has 1 atom stereocenters. The summed E-state index contributed by atoms with van der Waals surface area (Å²) in [5.74, 6) is 0. The van der Waals surface area contributed by atoms with Crippen molar-refractivity contribution in [1.29, 1.82) is 0 Å². The fraction of sp³-hybridized carbons (Fsp3) is 0.600. The van der Waals surface area contributed by atoms with E-state index in [4.69, 9.17) is 0 Å². The Balaban J connectivity index is 2.98. The van der Waals surface area contributed by atoms with Crippen molar-refractivity contribution >= 4 is 12.9 Å². The van der Waals surface area contributed by atoms with Crippen LogP contribution in [-0.4, -0.2) is 6.10 Å². The van der Waals surface area contributed by atoms with E-state index in [2.05, 4.69) is 23.7 Å². The number of hydrogen-bond acceptors (Lipinski definition) is 2. The van der Waals surface area contributed by atoms with Gasteiger partial charge in [0, 0.05) is 0 Å². The van der Waals surface area contributed by atoms with Crippen LogP contribution in [0.1, 0.15) is 13.3 Å². The summed E-state index contributed by atoms with van der Waals surface area (Å²) in [6, 6.07) is 0. The highest BCUT2D eigenvalue weighted by Gasteiger charge is 1.91. The SMILES string of the molecule is C=CC[C@@H](C)OS. The van der Waals surface area contributed by atoms with Crippen LogP contribution in [-0.2, 0) is 4.18 Å². The lowest BCUT2D eigenvalue weighted by molar-refractivity contribution is 0.275. The van der Waals surface area contributed by atoms with Crippen molar-refractivity contribution in [2.24, 2.45) is 0 Å². The molecule has 0 amide bonds. The first-order chi connectivity index (χ1) is 3.31. The lowest BCUT2D eigenvalue weighted by Gasteiger charge is -2.00. The average Bonchev–Trinajstić information content (AvgIpc) is 1.68. The minimum Gasteiger partial charge on any atom is -0.315 e. The van der Waals surface area contributed by atoms with Gasteiger partial charge in [0.05, 0.1) is 6.10 Å². The largest absolute Gasteiger partial charge is 0.315 e. The molecule has 0 spiro atoms. The molecule has 0 unspecified atom stereocenters. The van der Waals surface area contributed by atoms with E-state index in [1.165, 1.54) is 0 Å². The van der Waals surface area contributed by atoms with Gasteiger partial charge in [0.1, 0.15) is 0 Å². The zero-order valence-corrected chi connectivity index (χ0v) is 5.32. The van der Waals surface area contributed by atoms with Gasteiger partial charge in [-0.3, -0.25) is 0 Å². The van der Waals surface area contributed by atoms with Gasteiger partial charge in [-0.05, 0) is 26.3 Å². The van der Waals surface area contributed by atoms with E-state index in [9.17, 15) is 0 Å². The first-order valence-electron chi connectivity index (χ1n) is 2.22. The van der Waals surface area contributed by atoms with E-state index in [1.54, 1.807) is 6.08 Å². The summed E-state index contributed by atoms with van der Waals surface area (Å²) in [6.45, 7) is 5.47. The highest BCUT2D eigenvalue weighted by Crippen LogP contribution is 1.97. The van der Waals surface area contributed by atoms with Crippen molar-refractivity contribution in [1.82, 2.24) is 0 Å². The molecule has 0 aliphatic heterocycles. The minimum atomic E-state index is 0.195. The van der Waals surface area contributed by atoms with Crippen LogP contribution in [0.5, 0.6) is 0 Å². The highest BCUT2D eigenvalue weighted by atomic mass is 32.1. The molecule has 0 aromatic rings. The summed E-state index contributed by atoms with van der Waals surface area (Å²) >= 11 is 3.60. The van der Waals surface area contributed by atoms with Crippen LogP contribution in [0.25, 0.3) is 0 Å². The zero-order valence-electron chi connectivity index (χ0n) is 4.42. The maximum Gasteiger partial charge on any atom is 0.0725 e. The number of rotatable bonds is 3. The Labute approximate surface area is 50.0 Å². The third kappa shape index (κ3) is 3.89. The summed E-state index contributed by atoms with van der Waals surface area (Å²) in [5.41, 5.74) is 0. The summed E-state index contributed by atoms with van der Waals surface area (Å²) < 4.78 is 4.61. The molecule has 0 rings (SSSR count). The topological polar surface area (TPSA) is 9.23 Å². The molecule has 0 aliphatic carbocycles. The van der Waals surface area contributed by atoms with Crippen molar-refractivity contribution in [3.05, 3.63) is 12.7 Å². The molecule has 0 N–H and O–H groups in total. The fourth-order valence-corrected chi connectivity index (χ4v) is 0.364. The van der Waals surface area contributed by atoms with Crippen molar-refractivity contribution in [3.63, 3.8) is 0 Å². The van der Waals surface area contributed by atoms with Crippen molar-refractivity contribution < 1.29 is 4.18 Å². The van der Waals surface area contributed by atoms with E-state index < -0.39 is 0 Å². The minimum absolute atomic E-state index is 0.195. The second kappa shape index (κ2) is 4.22. The molecule has 1 nitrogen and oxygen atoms in total. The summed E-state index contributed by atoms with van der Waals surface area (Å²) in [7, 11) is 0. The smallest absolute Gasteiger partial charge is 0.0725 e. The zero-order chi connectivity index (χ0) is 5.70. The molecule has 0 aromatic heterocycles. The lowest BCUT2D eigenvalue weighted by Crippen LogP contribution is -1.97. The van der Waals surface area contributed by atoms with E-state index >= 15 is 0 Å². The van der Waals surface area contributed by atoms with Crippen molar-refractivity contribution in [2.45, 2.75) is 19.4 Å². The second-order valence-electron chi connectivity index (χ2n) is 1.44. The first-order valence-corrected chi connectivity index (χ1v) is 2.59. The Kier molecular flexibility index (Phi) is 4.25. The summed E-state index contributed by atoms with van der Waals surface area (Å²) in [4.78, 5) is 0. The molecule has 0 fully saturated rings. The van der Waals surface area contributed by atoms with Crippen LogP contribution in [0.2, 0.25) is 0 Å². The standard InChI is InChI=1S/C5H10OS/c1-3-4-5(2)6-7/h3,5,7H,1,4H2,2H3/t5-/m1/s1. The monoisotopic (exact) mass is 118 g/mol. The molecule has 0 saturated heterocycles. The third-order valence-corrected chi connectivity index (χ3v) is 1.04. The van der Waals surface area contributed by atoms with Crippen molar-refractivity contribution in [2.75, 3.05) is 0 Å². The van der Waals surface area contributed by atoms with Crippen LogP contribution in [0.3, 0.4) is 0 Å². The van der Waals surface area contributed by atoms with Gasteiger partial charge in [-0.25, -0.2) is 0 Å². The van der Waals surface area contributed by atoms with Gasteiger partial charge in [0.25, 0.3) is 0 Å². The van der Waals surface area contributed by atoms with E-state index in [1.807, 2.05) is 6.92 Å². The Morgan fingerprint density at radius 2 is 2.57 bits per heavy atom. The second-order valence-corrected chi connectivity index (χ2v) is 1.65. The quantitative estimate of drug-likeness (QED) is 0.338. The number of hydrogen-bond donors (Lipinski definition) is 1. The van der Waals surface area contributed by atoms with Crippen LogP contribution in [0, 0.1) is 0 Å². The normalized spacial score (nSPS) is 13.4. The highest BCUT2D eigenvalue weighted by molar-refractivity contribution is 7.75. The lowest BCUT2D eigenvalue weighted by atomic mass is 10.3. The van der Waals surface area contributed by atoms with E-state index in [-0.39, 0.29) is 6.10 Å². The van der Waals surface area contributed by atoms with Gasteiger partial charge in [0.2, 0.25) is 0 Å². The van der Waals surface area contributed by atoms with Crippen molar-refractivity contribution in [3.8, 4) is 0 Å². The molecule has 0 aliphatic rings. The average molecular weight is 118 g/mol. The van der Waals surface area contributed by atoms with E-state index in [0.717, 1.165) is 6.42 Å².